The van der Waals surface area contributed by atoms with Crippen molar-refractivity contribution >= 4 is 22.6 Å². The number of aliphatic hydroxyl groups is 1. The van der Waals surface area contributed by atoms with E-state index in [2.05, 4.69) is 0 Å². The van der Waals surface area contributed by atoms with Crippen LogP contribution >= 0.6 is 0 Å². The lowest BCUT2D eigenvalue weighted by Gasteiger charge is -2.39. The van der Waals surface area contributed by atoms with Gasteiger partial charge in [0.15, 0.2) is 11.5 Å². The third-order valence-electron chi connectivity index (χ3n) is 8.76. The van der Waals surface area contributed by atoms with Crippen LogP contribution in [0.3, 0.4) is 0 Å². The Hall–Kier alpha value is -4.62. The molecule has 0 saturated carbocycles. The molecule has 3 aromatic carbocycles. The number of hydrogen-bond acceptors (Lipinski definition) is 7. The number of piperidine rings is 1. The molecule has 4 aromatic rings. The first kappa shape index (κ1) is 33.7. The van der Waals surface area contributed by atoms with Crippen molar-refractivity contribution in [2.45, 2.75) is 56.5 Å². The number of nitro benzene ring substituents is 1. The summed E-state index contributed by atoms with van der Waals surface area (Å²) in [5, 5.41) is 32.6. The Morgan fingerprint density at radius 3 is 2.36 bits per heavy atom. The third-order valence-corrected chi connectivity index (χ3v) is 8.76. The molecular weight excluding hydrogens is 619 g/mol. The van der Waals surface area contributed by atoms with Crippen LogP contribution in [0.2, 0.25) is 0 Å². The van der Waals surface area contributed by atoms with Gasteiger partial charge < -0.3 is 24.3 Å². The fourth-order valence-corrected chi connectivity index (χ4v) is 6.20. The predicted molar refractivity (Wildman–Crippen MR) is 168 cm³/mol. The van der Waals surface area contributed by atoms with Crippen LogP contribution in [-0.2, 0) is 16.9 Å². The molecule has 1 aliphatic heterocycles. The normalized spacial score (nSPS) is 16.5. The Bertz CT molecular complexity index is 1740. The van der Waals surface area contributed by atoms with Crippen molar-refractivity contribution in [3.05, 3.63) is 99.7 Å². The fraction of sp³-hybridized carbons (Fsp3) is 0.382. The SMILES string of the molecule is CCC(C(=O)O)c1ccc(OC2CCN(CC(O)(c3cn(Cc4ccccc4)c4cc([N+](=O)[O-])ccc34)C(F)(F)F)CC2)c(OC)c1. The highest BCUT2D eigenvalue weighted by molar-refractivity contribution is 5.87. The van der Waals surface area contributed by atoms with Gasteiger partial charge in [0, 0.05) is 55.5 Å². The minimum Gasteiger partial charge on any atom is -0.493 e. The van der Waals surface area contributed by atoms with Crippen LogP contribution in [-0.4, -0.2) is 69.6 Å². The number of methoxy groups -OCH3 is 1. The number of alkyl halides is 3. The zero-order valence-electron chi connectivity index (χ0n) is 25.9. The number of fused-ring (bicyclic) bond motifs is 1. The van der Waals surface area contributed by atoms with Crippen molar-refractivity contribution in [1.29, 1.82) is 0 Å². The highest BCUT2D eigenvalue weighted by Gasteiger charge is 2.57. The summed E-state index contributed by atoms with van der Waals surface area (Å²) in [6.07, 6.45) is -3.03. The van der Waals surface area contributed by atoms with Gasteiger partial charge in [0.1, 0.15) is 6.10 Å². The van der Waals surface area contributed by atoms with E-state index in [1.165, 1.54) is 34.9 Å². The van der Waals surface area contributed by atoms with Crippen molar-refractivity contribution in [2.75, 3.05) is 26.7 Å². The molecular formula is C34H36F3N3O7. The molecule has 0 amide bonds. The van der Waals surface area contributed by atoms with Crippen molar-refractivity contribution in [3.63, 3.8) is 0 Å². The average molecular weight is 656 g/mol. The number of non-ortho nitro benzene ring substituents is 1. The Morgan fingerprint density at radius 2 is 1.77 bits per heavy atom. The van der Waals surface area contributed by atoms with Gasteiger partial charge in [-0.25, -0.2) is 0 Å². The number of β-amino-alcohol motifs (C(OH)–C–C–N with tert-alkyl or cyclic N) is 1. The number of halogens is 3. The summed E-state index contributed by atoms with van der Waals surface area (Å²) in [6, 6.07) is 17.5. The van der Waals surface area contributed by atoms with Crippen LogP contribution in [0.4, 0.5) is 18.9 Å². The molecule has 2 atom stereocenters. The number of nitro groups is 1. The summed E-state index contributed by atoms with van der Waals surface area (Å²) in [6.45, 7) is 1.59. The van der Waals surface area contributed by atoms with Crippen LogP contribution in [0.25, 0.3) is 10.9 Å². The Morgan fingerprint density at radius 1 is 1.06 bits per heavy atom. The first-order valence-corrected chi connectivity index (χ1v) is 15.2. The molecule has 1 aliphatic rings. The van der Waals surface area contributed by atoms with Crippen LogP contribution in [0.15, 0.2) is 72.9 Å². The van der Waals surface area contributed by atoms with Crippen LogP contribution in [0, 0.1) is 10.1 Å². The van der Waals surface area contributed by atoms with Gasteiger partial charge in [-0.3, -0.25) is 19.8 Å². The molecule has 2 unspecified atom stereocenters. The topological polar surface area (TPSA) is 127 Å². The molecule has 0 radical (unpaired) electrons. The van der Waals surface area contributed by atoms with E-state index in [4.69, 9.17) is 9.47 Å². The standard InChI is InChI=1S/C34H36F3N3O7/c1-3-26(32(41)42)23-9-12-30(31(17-23)46-2)47-25-13-15-38(16-14-25)21-33(43,34(35,36)37)28-20-39(19-22-7-5-4-6-8-22)29-18-24(40(44)45)10-11-27(28)29/h4-12,17-18,20,25-26,43H,3,13-16,19,21H2,1-2H3,(H,41,42). The molecule has 0 bridgehead atoms. The molecule has 2 N–H and O–H groups in total. The minimum atomic E-state index is -5.06. The van der Waals surface area contributed by atoms with E-state index in [1.807, 2.05) is 0 Å². The van der Waals surface area contributed by atoms with Gasteiger partial charge >= 0.3 is 12.1 Å². The number of aliphatic carboxylic acids is 1. The van der Waals surface area contributed by atoms with Crippen LogP contribution < -0.4 is 9.47 Å². The average Bonchev–Trinajstić information content (AvgIpc) is 3.40. The Balaban J connectivity index is 1.37. The lowest BCUT2D eigenvalue weighted by molar-refractivity contribution is -0.384. The molecule has 13 heteroatoms. The number of carbonyl (C=O) groups is 1. The highest BCUT2D eigenvalue weighted by Crippen LogP contribution is 2.44. The predicted octanol–water partition coefficient (Wildman–Crippen LogP) is 6.48. The molecule has 0 aliphatic carbocycles. The summed E-state index contributed by atoms with van der Waals surface area (Å²) in [7, 11) is 1.45. The second-order valence-electron chi connectivity index (χ2n) is 11.8. The third kappa shape index (κ3) is 7.05. The van der Waals surface area contributed by atoms with Gasteiger partial charge in [-0.2, -0.15) is 13.2 Å². The van der Waals surface area contributed by atoms with Crippen molar-refractivity contribution in [1.82, 2.24) is 9.47 Å². The number of carboxylic acid groups (broad SMARTS) is 1. The second kappa shape index (κ2) is 13.6. The van der Waals surface area contributed by atoms with Gasteiger partial charge in [0.2, 0.25) is 5.60 Å². The van der Waals surface area contributed by atoms with Gasteiger partial charge in [-0.05, 0) is 48.6 Å². The molecule has 10 nitrogen and oxygen atoms in total. The number of ether oxygens (including phenoxy) is 2. The van der Waals surface area contributed by atoms with Crippen molar-refractivity contribution in [2.24, 2.45) is 0 Å². The number of nitrogens with zero attached hydrogens (tertiary/aromatic N) is 3. The van der Waals surface area contributed by atoms with E-state index in [9.17, 15) is 38.3 Å². The van der Waals surface area contributed by atoms with Crippen molar-refractivity contribution in [3.8, 4) is 11.5 Å². The van der Waals surface area contributed by atoms with E-state index in [0.29, 0.717) is 36.3 Å². The van der Waals surface area contributed by atoms with Gasteiger partial charge in [-0.15, -0.1) is 0 Å². The number of aromatic nitrogens is 1. The maximum Gasteiger partial charge on any atom is 0.422 e. The summed E-state index contributed by atoms with van der Waals surface area (Å²) in [5.41, 5.74) is -2.35. The zero-order valence-corrected chi connectivity index (χ0v) is 25.9. The molecule has 250 valence electrons. The molecule has 47 heavy (non-hydrogen) atoms. The maximum absolute atomic E-state index is 14.9. The number of likely N-dealkylation sites (tertiary alicyclic amines) is 1. The van der Waals surface area contributed by atoms with Gasteiger partial charge in [-0.1, -0.05) is 43.3 Å². The van der Waals surface area contributed by atoms with Gasteiger partial charge in [0.25, 0.3) is 5.69 Å². The lowest BCUT2D eigenvalue weighted by atomic mass is 9.91. The molecule has 0 spiro atoms. The molecule has 2 heterocycles. The largest absolute Gasteiger partial charge is 0.493 e. The molecule has 1 aromatic heterocycles. The summed E-state index contributed by atoms with van der Waals surface area (Å²) in [5.74, 6) is -0.877. The first-order chi connectivity index (χ1) is 22.3. The van der Waals surface area contributed by atoms with E-state index >= 15 is 0 Å². The lowest BCUT2D eigenvalue weighted by Crippen LogP contribution is -2.53. The zero-order chi connectivity index (χ0) is 33.9. The minimum absolute atomic E-state index is 0.0772. The molecule has 1 fully saturated rings. The summed E-state index contributed by atoms with van der Waals surface area (Å²) in [4.78, 5) is 24.1. The fourth-order valence-electron chi connectivity index (χ4n) is 6.20. The highest BCUT2D eigenvalue weighted by atomic mass is 19.4. The Kier molecular flexibility index (Phi) is 9.78. The second-order valence-corrected chi connectivity index (χ2v) is 11.8. The number of hydrogen-bond donors (Lipinski definition) is 2. The van der Waals surface area contributed by atoms with Gasteiger partial charge in [0.05, 0.1) is 23.5 Å². The van der Waals surface area contributed by atoms with E-state index in [1.54, 1.807) is 55.5 Å². The maximum atomic E-state index is 14.9. The van der Waals surface area contributed by atoms with E-state index in [0.717, 1.165) is 11.6 Å². The molecule has 5 rings (SSSR count). The van der Waals surface area contributed by atoms with Crippen LogP contribution in [0.1, 0.15) is 48.8 Å². The Labute approximate surface area is 269 Å². The number of benzene rings is 3. The summed E-state index contributed by atoms with van der Waals surface area (Å²) < 4.78 is 57.7. The van der Waals surface area contributed by atoms with Crippen molar-refractivity contribution < 1.29 is 42.6 Å². The first-order valence-electron chi connectivity index (χ1n) is 15.2. The smallest absolute Gasteiger partial charge is 0.422 e. The quantitative estimate of drug-likeness (QED) is 0.131. The number of rotatable bonds is 12. The summed E-state index contributed by atoms with van der Waals surface area (Å²) >= 11 is 0. The van der Waals surface area contributed by atoms with E-state index in [-0.39, 0.29) is 47.9 Å². The van der Waals surface area contributed by atoms with E-state index < -0.39 is 35.1 Å². The number of carboxylic acids is 1. The molecule has 1 saturated heterocycles. The monoisotopic (exact) mass is 655 g/mol. The van der Waals surface area contributed by atoms with Crippen LogP contribution in [0.5, 0.6) is 11.5 Å².